The molecule has 0 aliphatic heterocycles. The van der Waals surface area contributed by atoms with E-state index in [9.17, 15) is 4.79 Å². The maximum absolute atomic E-state index is 11.7. The molecule has 0 aliphatic rings. The normalized spacial score (nSPS) is 11.9. The molecule has 17 heavy (non-hydrogen) atoms. The van der Waals surface area contributed by atoms with Crippen LogP contribution in [0.3, 0.4) is 0 Å². The molecule has 0 aliphatic carbocycles. The van der Waals surface area contributed by atoms with E-state index in [2.05, 4.69) is 5.32 Å². The van der Waals surface area contributed by atoms with E-state index >= 15 is 0 Å². The predicted octanol–water partition coefficient (Wildman–Crippen LogP) is 1.39. The number of hydrogen-bond acceptors (Lipinski definition) is 3. The molecule has 0 unspecified atom stereocenters. The van der Waals surface area contributed by atoms with E-state index in [-0.39, 0.29) is 11.9 Å². The number of rotatable bonds is 6. The number of ether oxygens (including phenoxy) is 2. The smallest absolute Gasteiger partial charge is 0.224 e. The summed E-state index contributed by atoms with van der Waals surface area (Å²) < 4.78 is 10.1. The molecule has 0 radical (unpaired) electrons. The lowest BCUT2D eigenvalue weighted by atomic mass is 10.1. The molecule has 0 bridgehead atoms. The Labute approximate surface area is 102 Å². The van der Waals surface area contributed by atoms with E-state index in [1.807, 2.05) is 31.2 Å². The molecule has 0 saturated heterocycles. The van der Waals surface area contributed by atoms with Gasteiger partial charge < -0.3 is 14.8 Å². The Bertz CT molecular complexity index is 365. The highest BCUT2D eigenvalue weighted by Gasteiger charge is 2.08. The number of amides is 1. The van der Waals surface area contributed by atoms with E-state index in [0.29, 0.717) is 13.0 Å². The van der Waals surface area contributed by atoms with Gasteiger partial charge in [0.05, 0.1) is 20.1 Å². The van der Waals surface area contributed by atoms with Crippen molar-refractivity contribution >= 4 is 5.91 Å². The van der Waals surface area contributed by atoms with Gasteiger partial charge in [0.1, 0.15) is 5.75 Å². The maximum atomic E-state index is 11.7. The van der Waals surface area contributed by atoms with Crippen LogP contribution in [0.5, 0.6) is 5.75 Å². The minimum Gasteiger partial charge on any atom is -0.497 e. The van der Waals surface area contributed by atoms with E-state index in [4.69, 9.17) is 9.47 Å². The SMILES string of the molecule is COC[C@H](C)NC(=O)Cc1cccc(OC)c1. The van der Waals surface area contributed by atoms with Crippen LogP contribution in [0, 0.1) is 0 Å². The first-order valence-electron chi connectivity index (χ1n) is 5.57. The highest BCUT2D eigenvalue weighted by molar-refractivity contribution is 5.78. The third-order valence-corrected chi connectivity index (χ3v) is 2.32. The van der Waals surface area contributed by atoms with Gasteiger partial charge in [-0.05, 0) is 24.6 Å². The summed E-state index contributed by atoms with van der Waals surface area (Å²) in [6.45, 7) is 2.43. The molecule has 94 valence electrons. The van der Waals surface area contributed by atoms with Gasteiger partial charge in [0.2, 0.25) is 5.91 Å². The summed E-state index contributed by atoms with van der Waals surface area (Å²) in [5.74, 6) is 0.753. The topological polar surface area (TPSA) is 47.6 Å². The molecule has 0 heterocycles. The Hall–Kier alpha value is -1.55. The molecule has 1 aromatic carbocycles. The number of methoxy groups -OCH3 is 2. The molecule has 4 nitrogen and oxygen atoms in total. The highest BCUT2D eigenvalue weighted by atomic mass is 16.5. The Morgan fingerprint density at radius 3 is 2.82 bits per heavy atom. The summed E-state index contributed by atoms with van der Waals surface area (Å²) >= 11 is 0. The van der Waals surface area contributed by atoms with Crippen molar-refractivity contribution in [2.75, 3.05) is 20.8 Å². The second kappa shape index (κ2) is 6.91. The Balaban J connectivity index is 2.49. The van der Waals surface area contributed by atoms with Crippen LogP contribution in [0.25, 0.3) is 0 Å². The molecular formula is C13H19NO3. The molecule has 1 atom stereocenters. The fourth-order valence-corrected chi connectivity index (χ4v) is 1.59. The summed E-state index contributed by atoms with van der Waals surface area (Å²) in [6.07, 6.45) is 0.352. The van der Waals surface area contributed by atoms with E-state index < -0.39 is 0 Å². The number of benzene rings is 1. The van der Waals surface area contributed by atoms with Gasteiger partial charge in [-0.25, -0.2) is 0 Å². The van der Waals surface area contributed by atoms with Crippen molar-refractivity contribution in [1.29, 1.82) is 0 Å². The number of carbonyl (C=O) groups excluding carboxylic acids is 1. The minimum atomic E-state index is -0.0113. The summed E-state index contributed by atoms with van der Waals surface area (Å²) in [7, 11) is 3.23. The fraction of sp³-hybridized carbons (Fsp3) is 0.462. The zero-order valence-corrected chi connectivity index (χ0v) is 10.5. The molecule has 4 heteroatoms. The van der Waals surface area contributed by atoms with Gasteiger partial charge in [0.15, 0.2) is 0 Å². The van der Waals surface area contributed by atoms with Gasteiger partial charge in [-0.1, -0.05) is 12.1 Å². The Kier molecular flexibility index (Phi) is 5.49. The molecule has 0 saturated carbocycles. The summed E-state index contributed by atoms with van der Waals surface area (Å²) in [5.41, 5.74) is 0.937. The molecule has 1 aromatic rings. The lowest BCUT2D eigenvalue weighted by molar-refractivity contribution is -0.121. The zero-order chi connectivity index (χ0) is 12.7. The van der Waals surface area contributed by atoms with Crippen LogP contribution in [0.15, 0.2) is 24.3 Å². The lowest BCUT2D eigenvalue weighted by Gasteiger charge is -2.12. The largest absolute Gasteiger partial charge is 0.497 e. The number of carbonyl (C=O) groups is 1. The van der Waals surface area contributed by atoms with E-state index in [1.54, 1.807) is 14.2 Å². The molecule has 1 rings (SSSR count). The van der Waals surface area contributed by atoms with E-state index in [1.165, 1.54) is 0 Å². The van der Waals surface area contributed by atoms with Crippen molar-refractivity contribution in [2.45, 2.75) is 19.4 Å². The monoisotopic (exact) mass is 237 g/mol. The summed E-state index contributed by atoms with van der Waals surface area (Å²) in [6, 6.07) is 7.52. The van der Waals surface area contributed by atoms with Crippen molar-refractivity contribution in [3.05, 3.63) is 29.8 Å². The molecule has 1 amide bonds. The van der Waals surface area contributed by atoms with Gasteiger partial charge in [-0.15, -0.1) is 0 Å². The van der Waals surface area contributed by atoms with Crippen molar-refractivity contribution in [3.63, 3.8) is 0 Å². The highest BCUT2D eigenvalue weighted by Crippen LogP contribution is 2.12. The van der Waals surface area contributed by atoms with Gasteiger partial charge in [0, 0.05) is 13.2 Å². The molecular weight excluding hydrogens is 218 g/mol. The van der Waals surface area contributed by atoms with Crippen LogP contribution in [-0.4, -0.2) is 32.8 Å². The fourth-order valence-electron chi connectivity index (χ4n) is 1.59. The molecule has 0 aromatic heterocycles. The first-order valence-corrected chi connectivity index (χ1v) is 5.57. The molecule has 0 fully saturated rings. The quantitative estimate of drug-likeness (QED) is 0.813. The van der Waals surface area contributed by atoms with Crippen LogP contribution < -0.4 is 10.1 Å². The van der Waals surface area contributed by atoms with Crippen LogP contribution >= 0.6 is 0 Å². The van der Waals surface area contributed by atoms with Gasteiger partial charge in [-0.2, -0.15) is 0 Å². The van der Waals surface area contributed by atoms with Crippen molar-refractivity contribution in [1.82, 2.24) is 5.32 Å². The predicted molar refractivity (Wildman–Crippen MR) is 66.2 cm³/mol. The second-order valence-corrected chi connectivity index (χ2v) is 3.95. The third-order valence-electron chi connectivity index (χ3n) is 2.32. The summed E-state index contributed by atoms with van der Waals surface area (Å²) in [4.78, 5) is 11.7. The lowest BCUT2D eigenvalue weighted by Crippen LogP contribution is -2.36. The number of nitrogens with one attached hydrogen (secondary N) is 1. The maximum Gasteiger partial charge on any atom is 0.224 e. The molecule has 1 N–H and O–H groups in total. The molecule has 0 spiro atoms. The average Bonchev–Trinajstić information content (AvgIpc) is 2.29. The van der Waals surface area contributed by atoms with Gasteiger partial charge >= 0.3 is 0 Å². The second-order valence-electron chi connectivity index (χ2n) is 3.95. The summed E-state index contributed by atoms with van der Waals surface area (Å²) in [5, 5.41) is 2.86. The van der Waals surface area contributed by atoms with Crippen LogP contribution in [-0.2, 0) is 16.0 Å². The average molecular weight is 237 g/mol. The van der Waals surface area contributed by atoms with Gasteiger partial charge in [-0.3, -0.25) is 4.79 Å². The zero-order valence-electron chi connectivity index (χ0n) is 10.5. The minimum absolute atomic E-state index is 0.0113. The van der Waals surface area contributed by atoms with E-state index in [0.717, 1.165) is 11.3 Å². The van der Waals surface area contributed by atoms with Crippen LogP contribution in [0.2, 0.25) is 0 Å². The van der Waals surface area contributed by atoms with Crippen molar-refractivity contribution < 1.29 is 14.3 Å². The number of hydrogen-bond donors (Lipinski definition) is 1. The first kappa shape index (κ1) is 13.5. The Morgan fingerprint density at radius 1 is 1.41 bits per heavy atom. The van der Waals surface area contributed by atoms with Crippen molar-refractivity contribution in [2.24, 2.45) is 0 Å². The third kappa shape index (κ3) is 4.87. The standard InChI is InChI=1S/C13H19NO3/c1-10(9-16-2)14-13(15)8-11-5-4-6-12(7-11)17-3/h4-7,10H,8-9H2,1-3H3,(H,14,15)/t10-/m0/s1. The first-order chi connectivity index (χ1) is 8.15. The van der Waals surface area contributed by atoms with Crippen LogP contribution in [0.4, 0.5) is 0 Å². The van der Waals surface area contributed by atoms with Crippen molar-refractivity contribution in [3.8, 4) is 5.75 Å². The van der Waals surface area contributed by atoms with Crippen LogP contribution in [0.1, 0.15) is 12.5 Å². The van der Waals surface area contributed by atoms with Gasteiger partial charge in [0.25, 0.3) is 0 Å². The Morgan fingerprint density at radius 2 is 2.18 bits per heavy atom.